The van der Waals surface area contributed by atoms with Crippen molar-refractivity contribution in [3.05, 3.63) is 64.5 Å². The second-order valence-corrected chi connectivity index (χ2v) is 5.48. The first-order valence-electron chi connectivity index (χ1n) is 6.66. The maximum Gasteiger partial charge on any atom is 0.248 e. The average Bonchev–Trinajstić information content (AvgIpc) is 3.02. The van der Waals surface area contributed by atoms with Crippen LogP contribution >= 0.6 is 15.9 Å². The fourth-order valence-corrected chi connectivity index (χ4v) is 2.32. The van der Waals surface area contributed by atoms with Gasteiger partial charge in [0.1, 0.15) is 5.75 Å². The minimum atomic E-state index is 0.464. The maximum atomic E-state index is 5.64. The van der Waals surface area contributed by atoms with Crippen LogP contribution in [-0.4, -0.2) is 17.3 Å². The highest BCUT2D eigenvalue weighted by molar-refractivity contribution is 9.10. The van der Waals surface area contributed by atoms with Gasteiger partial charge in [0.2, 0.25) is 11.8 Å². The summed E-state index contributed by atoms with van der Waals surface area (Å²) in [6, 6.07) is 15.5. The molecule has 1 heterocycles. The molecule has 110 valence electrons. The van der Waals surface area contributed by atoms with E-state index in [1.54, 1.807) is 13.2 Å². The predicted octanol–water partition coefficient (Wildman–Crippen LogP) is 4.68. The minimum absolute atomic E-state index is 0.464. The number of hydrogen-bond donors (Lipinski definition) is 0. The fraction of sp³-hybridized carbons (Fsp3) is 0.0588. The van der Waals surface area contributed by atoms with Gasteiger partial charge in [-0.3, -0.25) is 0 Å². The van der Waals surface area contributed by atoms with E-state index in [4.69, 9.17) is 9.15 Å². The van der Waals surface area contributed by atoms with Crippen molar-refractivity contribution in [3.8, 4) is 17.2 Å². The van der Waals surface area contributed by atoms with Crippen molar-refractivity contribution in [2.24, 2.45) is 0 Å². The van der Waals surface area contributed by atoms with Crippen molar-refractivity contribution in [2.75, 3.05) is 7.11 Å². The molecule has 0 saturated heterocycles. The smallest absolute Gasteiger partial charge is 0.248 e. The maximum absolute atomic E-state index is 5.64. The summed E-state index contributed by atoms with van der Waals surface area (Å²) in [5.74, 6) is 1.79. The SMILES string of the molecule is COc1ccc(/C=C/c2nnc(-c3cccc(Br)c3)o2)cc1. The molecule has 22 heavy (non-hydrogen) atoms. The second-order valence-electron chi connectivity index (χ2n) is 4.56. The van der Waals surface area contributed by atoms with Crippen LogP contribution in [0, 0.1) is 0 Å². The lowest BCUT2D eigenvalue weighted by atomic mass is 10.2. The van der Waals surface area contributed by atoms with Crippen LogP contribution in [0.15, 0.2) is 57.4 Å². The number of rotatable bonds is 4. The Labute approximate surface area is 136 Å². The lowest BCUT2D eigenvalue weighted by molar-refractivity contribution is 0.415. The van der Waals surface area contributed by atoms with Crippen molar-refractivity contribution in [3.63, 3.8) is 0 Å². The highest BCUT2D eigenvalue weighted by Gasteiger charge is 2.06. The zero-order valence-electron chi connectivity index (χ0n) is 11.9. The standard InChI is InChI=1S/C17H13BrN2O2/c1-21-15-8-5-12(6-9-15)7-10-16-19-20-17(22-16)13-3-2-4-14(18)11-13/h2-11H,1H3/b10-7+. The Morgan fingerprint density at radius 3 is 2.59 bits per heavy atom. The summed E-state index contributed by atoms with van der Waals surface area (Å²) in [5, 5.41) is 8.09. The normalized spacial score (nSPS) is 11.0. The van der Waals surface area contributed by atoms with E-state index in [1.165, 1.54) is 0 Å². The van der Waals surface area contributed by atoms with Crippen LogP contribution in [0.1, 0.15) is 11.5 Å². The summed E-state index contributed by atoms with van der Waals surface area (Å²) >= 11 is 3.43. The minimum Gasteiger partial charge on any atom is -0.497 e. The molecule has 0 saturated carbocycles. The van der Waals surface area contributed by atoms with Crippen molar-refractivity contribution in [2.45, 2.75) is 0 Å². The Bertz CT molecular complexity index is 794. The highest BCUT2D eigenvalue weighted by atomic mass is 79.9. The van der Waals surface area contributed by atoms with Crippen LogP contribution in [-0.2, 0) is 0 Å². The van der Waals surface area contributed by atoms with E-state index in [1.807, 2.05) is 54.6 Å². The number of benzene rings is 2. The summed E-state index contributed by atoms with van der Waals surface area (Å²) in [6.07, 6.45) is 3.70. The van der Waals surface area contributed by atoms with E-state index in [2.05, 4.69) is 26.1 Å². The van der Waals surface area contributed by atoms with Crippen LogP contribution in [0.4, 0.5) is 0 Å². The number of methoxy groups -OCH3 is 1. The van der Waals surface area contributed by atoms with Crippen molar-refractivity contribution in [1.29, 1.82) is 0 Å². The molecule has 0 aliphatic carbocycles. The van der Waals surface area contributed by atoms with E-state index >= 15 is 0 Å². The number of halogens is 1. The molecule has 0 amide bonds. The van der Waals surface area contributed by atoms with E-state index in [-0.39, 0.29) is 0 Å². The number of ether oxygens (including phenoxy) is 1. The lowest BCUT2D eigenvalue weighted by Gasteiger charge is -1.98. The third kappa shape index (κ3) is 3.43. The topological polar surface area (TPSA) is 48.2 Å². The molecule has 2 aromatic carbocycles. The lowest BCUT2D eigenvalue weighted by Crippen LogP contribution is -1.81. The van der Waals surface area contributed by atoms with Gasteiger partial charge >= 0.3 is 0 Å². The van der Waals surface area contributed by atoms with Gasteiger partial charge in [0.05, 0.1) is 7.11 Å². The van der Waals surface area contributed by atoms with Gasteiger partial charge in [-0.2, -0.15) is 0 Å². The first-order chi connectivity index (χ1) is 10.7. The van der Waals surface area contributed by atoms with E-state index < -0.39 is 0 Å². The monoisotopic (exact) mass is 356 g/mol. The van der Waals surface area contributed by atoms with E-state index in [0.717, 1.165) is 21.3 Å². The van der Waals surface area contributed by atoms with Crippen molar-refractivity contribution in [1.82, 2.24) is 10.2 Å². The fourth-order valence-electron chi connectivity index (χ4n) is 1.92. The Kier molecular flexibility index (Phi) is 4.34. The molecule has 1 aromatic heterocycles. The zero-order valence-corrected chi connectivity index (χ0v) is 13.4. The van der Waals surface area contributed by atoms with E-state index in [0.29, 0.717) is 11.8 Å². The van der Waals surface area contributed by atoms with Gasteiger partial charge in [-0.1, -0.05) is 34.1 Å². The molecular weight excluding hydrogens is 344 g/mol. The summed E-state index contributed by atoms with van der Waals surface area (Å²) in [7, 11) is 1.65. The number of hydrogen-bond acceptors (Lipinski definition) is 4. The molecule has 0 atom stereocenters. The van der Waals surface area contributed by atoms with Crippen LogP contribution in [0.5, 0.6) is 5.75 Å². The molecule has 0 fully saturated rings. The highest BCUT2D eigenvalue weighted by Crippen LogP contribution is 2.22. The molecule has 5 heteroatoms. The van der Waals surface area contributed by atoms with Crippen molar-refractivity contribution >= 4 is 28.1 Å². The largest absolute Gasteiger partial charge is 0.497 e. The van der Waals surface area contributed by atoms with Gasteiger partial charge in [-0.15, -0.1) is 10.2 Å². The Morgan fingerprint density at radius 2 is 1.86 bits per heavy atom. The van der Waals surface area contributed by atoms with Crippen LogP contribution < -0.4 is 4.74 Å². The average molecular weight is 357 g/mol. The van der Waals surface area contributed by atoms with Crippen LogP contribution in [0.3, 0.4) is 0 Å². The molecule has 0 N–H and O–H groups in total. The van der Waals surface area contributed by atoms with Gasteiger partial charge in [-0.05, 0) is 42.0 Å². The predicted molar refractivity (Wildman–Crippen MR) is 89.4 cm³/mol. The first-order valence-corrected chi connectivity index (χ1v) is 7.45. The third-order valence-corrected chi connectivity index (χ3v) is 3.54. The van der Waals surface area contributed by atoms with Gasteiger partial charge in [0.15, 0.2) is 0 Å². The summed E-state index contributed by atoms with van der Waals surface area (Å²) < 4.78 is 11.7. The zero-order chi connectivity index (χ0) is 15.4. The quantitative estimate of drug-likeness (QED) is 0.680. The van der Waals surface area contributed by atoms with Crippen molar-refractivity contribution < 1.29 is 9.15 Å². The second kappa shape index (κ2) is 6.58. The molecule has 0 radical (unpaired) electrons. The van der Waals surface area contributed by atoms with Gasteiger partial charge < -0.3 is 9.15 Å². The summed E-state index contributed by atoms with van der Waals surface area (Å²) in [6.45, 7) is 0. The molecule has 0 aliphatic heterocycles. The van der Waals surface area contributed by atoms with Gasteiger partial charge in [0.25, 0.3) is 0 Å². The Hall–Kier alpha value is -2.40. The first kappa shape index (κ1) is 14.5. The molecular formula is C17H13BrN2O2. The Balaban J connectivity index is 1.77. The van der Waals surface area contributed by atoms with Gasteiger partial charge in [0, 0.05) is 16.1 Å². The molecule has 0 spiro atoms. The van der Waals surface area contributed by atoms with Crippen LogP contribution in [0.2, 0.25) is 0 Å². The van der Waals surface area contributed by atoms with Gasteiger partial charge in [-0.25, -0.2) is 0 Å². The molecule has 0 aliphatic rings. The molecule has 0 unspecified atom stereocenters. The molecule has 0 bridgehead atoms. The molecule has 4 nitrogen and oxygen atoms in total. The number of nitrogens with zero attached hydrogens (tertiary/aromatic N) is 2. The third-order valence-electron chi connectivity index (χ3n) is 3.05. The molecule has 3 rings (SSSR count). The number of aromatic nitrogens is 2. The summed E-state index contributed by atoms with van der Waals surface area (Å²) in [5.41, 5.74) is 1.91. The van der Waals surface area contributed by atoms with Crippen LogP contribution in [0.25, 0.3) is 23.6 Å². The van der Waals surface area contributed by atoms with E-state index in [9.17, 15) is 0 Å². The Morgan fingerprint density at radius 1 is 1.05 bits per heavy atom. The molecule has 3 aromatic rings. The summed E-state index contributed by atoms with van der Waals surface area (Å²) in [4.78, 5) is 0.